The largest absolute Gasteiger partial charge is 0.472 e. The number of aliphatic hydroxyl groups excluding tert-OH is 1. The molecule has 0 fully saturated rings. The number of rotatable bonds is 66. The molecule has 0 bridgehead atoms. The maximum Gasteiger partial charge on any atom is 0.472 e. The van der Waals surface area contributed by atoms with Crippen LogP contribution in [0.4, 0.5) is 0 Å². The van der Waals surface area contributed by atoms with E-state index in [4.69, 9.17) is 37.0 Å². The number of phosphoric ester groups is 2. The molecule has 87 heavy (non-hydrogen) atoms. The van der Waals surface area contributed by atoms with Gasteiger partial charge in [0.1, 0.15) is 19.3 Å². The van der Waals surface area contributed by atoms with Crippen LogP contribution in [0.2, 0.25) is 0 Å². The van der Waals surface area contributed by atoms with E-state index < -0.39 is 97.5 Å². The number of hydrogen-bond donors (Lipinski definition) is 3. The second-order valence-corrected chi connectivity index (χ2v) is 28.7. The molecule has 0 aromatic heterocycles. The van der Waals surface area contributed by atoms with Crippen molar-refractivity contribution in [1.82, 2.24) is 0 Å². The zero-order valence-corrected chi connectivity index (χ0v) is 58.3. The van der Waals surface area contributed by atoms with Crippen LogP contribution in [0.5, 0.6) is 0 Å². The lowest BCUT2D eigenvalue weighted by Gasteiger charge is -2.21. The van der Waals surface area contributed by atoms with Crippen LogP contribution in [0.3, 0.4) is 0 Å². The maximum absolute atomic E-state index is 13.0. The van der Waals surface area contributed by atoms with Crippen LogP contribution in [0.1, 0.15) is 337 Å². The zero-order chi connectivity index (χ0) is 64.5. The van der Waals surface area contributed by atoms with Gasteiger partial charge in [0.2, 0.25) is 0 Å². The Bertz CT molecular complexity index is 1720. The Morgan fingerprint density at radius 1 is 0.333 bits per heavy atom. The number of aliphatic hydroxyl groups is 1. The fourth-order valence-electron chi connectivity index (χ4n) is 10.2. The minimum absolute atomic E-state index is 0.103. The first-order valence-electron chi connectivity index (χ1n) is 35.4. The smallest absolute Gasteiger partial charge is 0.462 e. The minimum atomic E-state index is -4.95. The van der Waals surface area contributed by atoms with Crippen LogP contribution >= 0.6 is 15.6 Å². The Balaban J connectivity index is 5.26. The van der Waals surface area contributed by atoms with Crippen LogP contribution in [0.15, 0.2) is 0 Å². The Kier molecular flexibility index (Phi) is 57.8. The molecule has 0 amide bonds. The summed E-state index contributed by atoms with van der Waals surface area (Å²) in [6.07, 6.45) is 41.7. The molecule has 0 heterocycles. The lowest BCUT2D eigenvalue weighted by molar-refractivity contribution is -0.161. The molecular formula is C68H132O17P2. The van der Waals surface area contributed by atoms with Gasteiger partial charge in [-0.15, -0.1) is 0 Å². The fourth-order valence-corrected chi connectivity index (χ4v) is 11.7. The summed E-state index contributed by atoms with van der Waals surface area (Å²) in [6.45, 7) is 11.7. The van der Waals surface area contributed by atoms with E-state index >= 15 is 0 Å². The molecule has 3 unspecified atom stereocenters. The molecule has 0 saturated carbocycles. The van der Waals surface area contributed by atoms with Crippen molar-refractivity contribution in [3.05, 3.63) is 0 Å². The van der Waals surface area contributed by atoms with Crippen LogP contribution < -0.4 is 0 Å². The molecule has 0 radical (unpaired) electrons. The van der Waals surface area contributed by atoms with E-state index in [9.17, 15) is 43.2 Å². The van der Waals surface area contributed by atoms with Gasteiger partial charge < -0.3 is 33.8 Å². The number of esters is 4. The third-order valence-electron chi connectivity index (χ3n) is 16.0. The second-order valence-electron chi connectivity index (χ2n) is 25.8. The Hall–Kier alpha value is -1.94. The van der Waals surface area contributed by atoms with E-state index in [0.29, 0.717) is 25.7 Å². The Labute approximate surface area is 530 Å². The first-order valence-corrected chi connectivity index (χ1v) is 38.4. The number of ether oxygens (including phenoxy) is 4. The van der Waals surface area contributed by atoms with Gasteiger partial charge >= 0.3 is 39.5 Å². The summed E-state index contributed by atoms with van der Waals surface area (Å²) in [5.74, 6) is 0.0702. The molecule has 0 aromatic carbocycles. The highest BCUT2D eigenvalue weighted by atomic mass is 31.2. The number of unbranched alkanes of at least 4 members (excludes halogenated alkanes) is 33. The van der Waals surface area contributed by atoms with Crippen LogP contribution in [-0.2, 0) is 65.4 Å². The molecule has 0 rings (SSSR count). The van der Waals surface area contributed by atoms with Crippen molar-refractivity contribution in [2.24, 2.45) is 17.8 Å². The molecule has 516 valence electrons. The summed E-state index contributed by atoms with van der Waals surface area (Å²) in [7, 11) is -9.90. The molecule has 0 aliphatic rings. The van der Waals surface area contributed by atoms with E-state index in [0.717, 1.165) is 114 Å². The number of phosphoric acid groups is 2. The van der Waals surface area contributed by atoms with Gasteiger partial charge in [-0.2, -0.15) is 0 Å². The predicted octanol–water partition coefficient (Wildman–Crippen LogP) is 19.1. The number of carbonyl (C=O) groups is 4. The lowest BCUT2D eigenvalue weighted by Crippen LogP contribution is -2.30. The third-order valence-corrected chi connectivity index (χ3v) is 17.9. The van der Waals surface area contributed by atoms with Crippen molar-refractivity contribution in [1.29, 1.82) is 0 Å². The third kappa shape index (κ3) is 61.3. The molecule has 0 aliphatic carbocycles. The van der Waals surface area contributed by atoms with Crippen LogP contribution in [-0.4, -0.2) is 96.7 Å². The van der Waals surface area contributed by atoms with Gasteiger partial charge in [0.05, 0.1) is 26.4 Å². The first-order chi connectivity index (χ1) is 41.8. The van der Waals surface area contributed by atoms with Crippen molar-refractivity contribution >= 4 is 39.5 Å². The average Bonchev–Trinajstić information content (AvgIpc) is 3.52. The molecule has 0 spiro atoms. The molecule has 0 aliphatic heterocycles. The molecule has 19 heteroatoms. The lowest BCUT2D eigenvalue weighted by atomic mass is 10.00. The van der Waals surface area contributed by atoms with Crippen LogP contribution in [0.25, 0.3) is 0 Å². The van der Waals surface area contributed by atoms with Gasteiger partial charge in [-0.25, -0.2) is 9.13 Å². The van der Waals surface area contributed by atoms with Crippen molar-refractivity contribution in [3.8, 4) is 0 Å². The zero-order valence-electron chi connectivity index (χ0n) is 56.5. The molecule has 3 N–H and O–H groups in total. The highest BCUT2D eigenvalue weighted by molar-refractivity contribution is 7.47. The highest BCUT2D eigenvalue weighted by Gasteiger charge is 2.30. The van der Waals surface area contributed by atoms with E-state index in [1.807, 2.05) is 0 Å². The monoisotopic (exact) mass is 1280 g/mol. The van der Waals surface area contributed by atoms with E-state index in [-0.39, 0.29) is 25.7 Å². The molecule has 17 nitrogen and oxygen atoms in total. The summed E-state index contributed by atoms with van der Waals surface area (Å²) < 4.78 is 68.2. The Morgan fingerprint density at radius 3 is 0.874 bits per heavy atom. The number of carbonyl (C=O) groups excluding carboxylic acids is 4. The normalized spacial score (nSPS) is 14.6. The summed E-state index contributed by atoms with van der Waals surface area (Å²) in [5, 5.41) is 10.6. The summed E-state index contributed by atoms with van der Waals surface area (Å²) in [4.78, 5) is 72.4. The average molecular weight is 1280 g/mol. The molecule has 6 atom stereocenters. The number of hydrogen-bond acceptors (Lipinski definition) is 15. The first kappa shape index (κ1) is 85.1. The van der Waals surface area contributed by atoms with E-state index in [1.54, 1.807) is 0 Å². The van der Waals surface area contributed by atoms with Gasteiger partial charge in [-0.05, 0) is 43.4 Å². The minimum Gasteiger partial charge on any atom is -0.462 e. The van der Waals surface area contributed by atoms with E-state index in [1.165, 1.54) is 141 Å². The van der Waals surface area contributed by atoms with E-state index in [2.05, 4.69) is 48.5 Å². The Morgan fingerprint density at radius 2 is 0.586 bits per heavy atom. The summed E-state index contributed by atoms with van der Waals surface area (Å²) >= 11 is 0. The van der Waals surface area contributed by atoms with Crippen molar-refractivity contribution < 1.29 is 80.2 Å². The van der Waals surface area contributed by atoms with Gasteiger partial charge in [0.15, 0.2) is 12.2 Å². The molecular weight excluding hydrogens is 1150 g/mol. The maximum atomic E-state index is 13.0. The predicted molar refractivity (Wildman–Crippen MR) is 349 cm³/mol. The molecule has 0 aromatic rings. The molecule has 0 saturated heterocycles. The summed E-state index contributed by atoms with van der Waals surface area (Å²) in [6, 6.07) is 0. The van der Waals surface area contributed by atoms with Crippen molar-refractivity contribution in [2.75, 3.05) is 39.6 Å². The van der Waals surface area contributed by atoms with Gasteiger partial charge in [0, 0.05) is 25.7 Å². The summed E-state index contributed by atoms with van der Waals surface area (Å²) in [5.41, 5.74) is 0. The topological polar surface area (TPSA) is 237 Å². The standard InChI is InChI=1S/C68H132O17P2/c1-8-10-11-12-13-14-15-16-17-21-27-35-42-49-65(70)78-55-63(84-67(72)51-44-37-28-22-19-18-20-25-32-39-46-59(3)4)57-82-86(74,75)80-53-62(69)54-81-87(76,77)83-58-64(56-79-66(71)50-43-36-31-30-34-41-48-61(7)9-2)85-68(73)52-45-38-29-24-23-26-33-40-47-60(5)6/h59-64,69H,8-58H2,1-7H3,(H,74,75)(H,76,77)/t61?,62-,63-,64-/m1/s1. The van der Waals surface area contributed by atoms with Crippen molar-refractivity contribution in [2.45, 2.75) is 356 Å². The second kappa shape index (κ2) is 59.1. The van der Waals surface area contributed by atoms with Gasteiger partial charge in [-0.3, -0.25) is 37.3 Å². The van der Waals surface area contributed by atoms with Gasteiger partial charge in [-0.1, -0.05) is 286 Å². The SMILES string of the molecule is CCCCCCCCCCCCCCCC(=O)OC[C@H](COP(=O)(O)OC[C@@H](O)COP(=O)(O)OC[C@@H](COC(=O)CCCCCCCCC(C)CC)OC(=O)CCCCCCCCCCC(C)C)OC(=O)CCCCCCCCCCCCC(C)C. The van der Waals surface area contributed by atoms with Gasteiger partial charge in [0.25, 0.3) is 0 Å². The highest BCUT2D eigenvalue weighted by Crippen LogP contribution is 2.45. The quantitative estimate of drug-likeness (QED) is 0.0222. The van der Waals surface area contributed by atoms with Crippen LogP contribution in [0, 0.1) is 17.8 Å². The fraction of sp³-hybridized carbons (Fsp3) is 0.941. The van der Waals surface area contributed by atoms with Crippen molar-refractivity contribution in [3.63, 3.8) is 0 Å².